The van der Waals surface area contributed by atoms with Gasteiger partial charge in [-0.3, -0.25) is 34.2 Å². The third-order valence-electron chi connectivity index (χ3n) is 6.12. The minimum atomic E-state index is -1.01. The first-order chi connectivity index (χ1) is 15.0. The highest BCUT2D eigenvalue weighted by molar-refractivity contribution is 6.24. The number of benzene rings is 2. The molecule has 3 aliphatic heterocycles. The van der Waals surface area contributed by atoms with E-state index in [4.69, 9.17) is 0 Å². The van der Waals surface area contributed by atoms with Crippen molar-refractivity contribution in [2.24, 2.45) is 0 Å². The van der Waals surface area contributed by atoms with Crippen molar-refractivity contribution in [3.63, 3.8) is 0 Å². The Hall–Kier alpha value is -3.81. The fraction of sp³-hybridized carbons (Fsp3) is 0.261. The summed E-state index contributed by atoms with van der Waals surface area (Å²) < 4.78 is 0. The van der Waals surface area contributed by atoms with Crippen LogP contribution in [0.15, 0.2) is 42.5 Å². The van der Waals surface area contributed by atoms with Crippen molar-refractivity contribution < 1.29 is 24.0 Å². The molecule has 5 rings (SSSR count). The molecule has 0 bridgehead atoms. The van der Waals surface area contributed by atoms with Gasteiger partial charge in [-0.05, 0) is 42.2 Å². The van der Waals surface area contributed by atoms with Crippen LogP contribution in [-0.2, 0) is 22.6 Å². The number of piperidine rings is 1. The highest BCUT2D eigenvalue weighted by Crippen LogP contribution is 2.34. The third kappa shape index (κ3) is 3.02. The van der Waals surface area contributed by atoms with E-state index in [0.717, 1.165) is 10.5 Å². The maximum absolute atomic E-state index is 13.3. The molecule has 5 amide bonds. The molecule has 1 saturated heterocycles. The molecule has 0 aliphatic carbocycles. The number of nitrogens with one attached hydrogen (secondary N) is 1. The molecule has 0 saturated carbocycles. The highest BCUT2D eigenvalue weighted by atomic mass is 16.2. The lowest BCUT2D eigenvalue weighted by atomic mass is 9.92. The smallest absolute Gasteiger partial charge is 0.262 e. The van der Waals surface area contributed by atoms with Crippen molar-refractivity contribution in [1.29, 1.82) is 0 Å². The molecule has 0 radical (unpaired) electrons. The van der Waals surface area contributed by atoms with Gasteiger partial charge in [-0.1, -0.05) is 24.3 Å². The Balaban J connectivity index is 1.48. The minimum Gasteiger partial charge on any atom is -0.334 e. The zero-order chi connectivity index (χ0) is 21.7. The Morgan fingerprint density at radius 2 is 1.71 bits per heavy atom. The molecule has 1 atom stereocenters. The number of rotatable bonds is 2. The van der Waals surface area contributed by atoms with Gasteiger partial charge in [0.1, 0.15) is 6.04 Å². The summed E-state index contributed by atoms with van der Waals surface area (Å²) in [5.41, 5.74) is 2.63. The summed E-state index contributed by atoms with van der Waals surface area (Å²) in [5, 5.41) is 2.20. The van der Waals surface area contributed by atoms with E-state index in [1.807, 2.05) is 12.1 Å². The molecule has 3 heterocycles. The zero-order valence-electron chi connectivity index (χ0n) is 16.6. The SMILES string of the molecule is O=C1CCC(N2C(=O)c3ccc4c(c3C2=O)CN(C(=O)c2ccccc2)CC4)C(=O)N1. The van der Waals surface area contributed by atoms with Gasteiger partial charge in [-0.15, -0.1) is 0 Å². The predicted octanol–water partition coefficient (Wildman–Crippen LogP) is 1.29. The average Bonchev–Trinajstić information content (AvgIpc) is 3.04. The van der Waals surface area contributed by atoms with Crippen LogP contribution in [0.5, 0.6) is 0 Å². The van der Waals surface area contributed by atoms with E-state index in [1.54, 1.807) is 35.2 Å². The largest absolute Gasteiger partial charge is 0.334 e. The van der Waals surface area contributed by atoms with Gasteiger partial charge in [-0.25, -0.2) is 0 Å². The molecule has 1 unspecified atom stereocenters. The second kappa shape index (κ2) is 7.16. The number of fused-ring (bicyclic) bond motifs is 3. The molecule has 0 aromatic heterocycles. The van der Waals surface area contributed by atoms with Crippen molar-refractivity contribution in [2.75, 3.05) is 6.54 Å². The normalized spacial score (nSPS) is 20.5. The minimum absolute atomic E-state index is 0.0707. The average molecular weight is 417 g/mol. The number of hydrogen-bond donors (Lipinski definition) is 1. The Bertz CT molecular complexity index is 1160. The maximum atomic E-state index is 13.3. The second-order valence-corrected chi connectivity index (χ2v) is 7.92. The van der Waals surface area contributed by atoms with Gasteiger partial charge in [0.25, 0.3) is 17.7 Å². The number of hydrogen-bond acceptors (Lipinski definition) is 5. The van der Waals surface area contributed by atoms with E-state index in [1.165, 1.54) is 0 Å². The van der Waals surface area contributed by atoms with Crippen molar-refractivity contribution in [2.45, 2.75) is 31.8 Å². The van der Waals surface area contributed by atoms with Crippen LogP contribution in [0.1, 0.15) is 55.0 Å². The molecule has 1 N–H and O–H groups in total. The first-order valence-electron chi connectivity index (χ1n) is 10.2. The van der Waals surface area contributed by atoms with E-state index in [0.29, 0.717) is 24.1 Å². The topological polar surface area (TPSA) is 104 Å². The summed E-state index contributed by atoms with van der Waals surface area (Å²) in [4.78, 5) is 65.6. The van der Waals surface area contributed by atoms with E-state index in [2.05, 4.69) is 5.32 Å². The number of carbonyl (C=O) groups is 5. The summed E-state index contributed by atoms with van der Waals surface area (Å²) in [5.74, 6) is -2.27. The van der Waals surface area contributed by atoms with E-state index < -0.39 is 29.7 Å². The molecule has 1 fully saturated rings. The maximum Gasteiger partial charge on any atom is 0.262 e. The standard InChI is InChI=1S/C23H19N3O5/c27-18-9-8-17(20(28)24-18)26-22(30)15-7-6-13-10-11-25(12-16(13)19(15)23(26)31)21(29)14-4-2-1-3-5-14/h1-7,17H,8-12H2,(H,24,27,28). The third-order valence-corrected chi connectivity index (χ3v) is 6.12. The van der Waals surface area contributed by atoms with Crippen molar-refractivity contribution in [3.05, 3.63) is 70.3 Å². The number of amides is 5. The molecular weight excluding hydrogens is 398 g/mol. The van der Waals surface area contributed by atoms with E-state index in [-0.39, 0.29) is 36.4 Å². The Morgan fingerprint density at radius 1 is 0.935 bits per heavy atom. The number of nitrogens with zero attached hydrogens (tertiary/aromatic N) is 2. The Morgan fingerprint density at radius 3 is 2.45 bits per heavy atom. The van der Waals surface area contributed by atoms with Crippen LogP contribution < -0.4 is 5.32 Å². The van der Waals surface area contributed by atoms with Crippen LogP contribution in [0.3, 0.4) is 0 Å². The summed E-state index contributed by atoms with van der Waals surface area (Å²) >= 11 is 0. The molecular formula is C23H19N3O5. The van der Waals surface area contributed by atoms with Crippen LogP contribution in [0.2, 0.25) is 0 Å². The van der Waals surface area contributed by atoms with Crippen molar-refractivity contribution in [1.82, 2.24) is 15.1 Å². The predicted molar refractivity (Wildman–Crippen MR) is 108 cm³/mol. The van der Waals surface area contributed by atoms with Gasteiger partial charge in [0.2, 0.25) is 11.8 Å². The van der Waals surface area contributed by atoms with Crippen LogP contribution in [0.4, 0.5) is 0 Å². The first kappa shape index (κ1) is 19.2. The molecule has 2 aromatic carbocycles. The molecule has 31 heavy (non-hydrogen) atoms. The van der Waals surface area contributed by atoms with E-state index in [9.17, 15) is 24.0 Å². The lowest BCUT2D eigenvalue weighted by molar-refractivity contribution is -0.136. The van der Waals surface area contributed by atoms with Gasteiger partial charge in [-0.2, -0.15) is 0 Å². The Labute approximate surface area is 177 Å². The lowest BCUT2D eigenvalue weighted by Crippen LogP contribution is -2.54. The first-order valence-corrected chi connectivity index (χ1v) is 10.2. The summed E-state index contributed by atoms with van der Waals surface area (Å²) in [6, 6.07) is 11.3. The molecule has 2 aromatic rings. The zero-order valence-corrected chi connectivity index (χ0v) is 16.6. The van der Waals surface area contributed by atoms with Crippen molar-refractivity contribution in [3.8, 4) is 0 Å². The van der Waals surface area contributed by atoms with Crippen LogP contribution in [0, 0.1) is 0 Å². The van der Waals surface area contributed by atoms with E-state index >= 15 is 0 Å². The summed E-state index contributed by atoms with van der Waals surface area (Å²) in [7, 11) is 0. The van der Waals surface area contributed by atoms with Crippen LogP contribution in [-0.4, -0.2) is 51.9 Å². The highest BCUT2D eigenvalue weighted by Gasteiger charge is 2.46. The molecule has 8 heteroatoms. The van der Waals surface area contributed by atoms with Gasteiger partial charge in [0.05, 0.1) is 11.1 Å². The molecule has 8 nitrogen and oxygen atoms in total. The quantitative estimate of drug-likeness (QED) is 0.742. The second-order valence-electron chi connectivity index (χ2n) is 7.92. The van der Waals surface area contributed by atoms with Crippen molar-refractivity contribution >= 4 is 29.5 Å². The van der Waals surface area contributed by atoms with Gasteiger partial charge in [0, 0.05) is 25.1 Å². The van der Waals surface area contributed by atoms with Gasteiger partial charge in [0.15, 0.2) is 0 Å². The monoisotopic (exact) mass is 417 g/mol. The molecule has 0 spiro atoms. The fourth-order valence-electron chi connectivity index (χ4n) is 4.54. The number of carbonyl (C=O) groups excluding carboxylic acids is 5. The fourth-order valence-corrected chi connectivity index (χ4v) is 4.54. The van der Waals surface area contributed by atoms with Gasteiger partial charge < -0.3 is 4.90 Å². The summed E-state index contributed by atoms with van der Waals surface area (Å²) in [6.45, 7) is 0.729. The summed E-state index contributed by atoms with van der Waals surface area (Å²) in [6.07, 6.45) is 0.749. The van der Waals surface area contributed by atoms with Crippen LogP contribution in [0.25, 0.3) is 0 Å². The Kier molecular flexibility index (Phi) is 4.43. The molecule has 156 valence electrons. The van der Waals surface area contributed by atoms with Crippen LogP contribution >= 0.6 is 0 Å². The molecule has 3 aliphatic rings. The number of imide groups is 2. The van der Waals surface area contributed by atoms with Gasteiger partial charge >= 0.3 is 0 Å². The lowest BCUT2D eigenvalue weighted by Gasteiger charge is -2.30.